The number of benzene rings is 2. The summed E-state index contributed by atoms with van der Waals surface area (Å²) in [6, 6.07) is 7.57. The maximum absolute atomic E-state index is 14.8. The van der Waals surface area contributed by atoms with Crippen molar-refractivity contribution in [2.24, 2.45) is 0 Å². The number of anilines is 1. The summed E-state index contributed by atoms with van der Waals surface area (Å²) in [7, 11) is 0. The average molecular weight is 476 g/mol. The van der Waals surface area contributed by atoms with Crippen molar-refractivity contribution in [1.82, 2.24) is 5.32 Å². The summed E-state index contributed by atoms with van der Waals surface area (Å²) < 4.78 is 82.3. The highest BCUT2D eigenvalue weighted by molar-refractivity contribution is 6.05. The van der Waals surface area contributed by atoms with Crippen molar-refractivity contribution in [3.05, 3.63) is 64.2 Å². The van der Waals surface area contributed by atoms with Gasteiger partial charge in [0.05, 0.1) is 19.0 Å². The molecule has 2 amide bonds. The van der Waals surface area contributed by atoms with Gasteiger partial charge in [0.2, 0.25) is 5.91 Å². The molecule has 0 bridgehead atoms. The van der Waals surface area contributed by atoms with E-state index in [-0.39, 0.29) is 48.2 Å². The van der Waals surface area contributed by atoms with E-state index in [1.165, 1.54) is 32.9 Å². The fourth-order valence-corrected chi connectivity index (χ4v) is 3.32. The second-order valence-corrected chi connectivity index (χ2v) is 7.70. The maximum atomic E-state index is 14.8. The molecule has 0 saturated carbocycles. The number of amides is 2. The van der Waals surface area contributed by atoms with Gasteiger partial charge in [-0.3, -0.25) is 9.59 Å². The minimum atomic E-state index is -5.12. The number of carbonyl (C=O) groups excluding carboxylic acids is 2. The van der Waals surface area contributed by atoms with Crippen molar-refractivity contribution >= 4 is 17.5 Å². The Bertz CT molecular complexity index is 1020. The van der Waals surface area contributed by atoms with Crippen LogP contribution in [0.15, 0.2) is 36.4 Å². The fraction of sp³-hybridized carbons (Fsp3) is 0.364. The summed E-state index contributed by atoms with van der Waals surface area (Å²) in [6.07, 6.45) is 0.0518. The standard InChI is InChI=1S/C22H23F6N3O2/c1-5-16-11-18(22(25,21(4,23)24)31(26,27)28)10-13(2)19(16)30-20(33)17-8-6-15(7-9-17)12-29-14(3)32/h6-11H,5,12H2,1-4H3,(H-,29,30,32,33)/p+1. The average Bonchev–Trinajstić information content (AvgIpc) is 2.71. The molecule has 2 rings (SSSR count). The highest BCUT2D eigenvalue weighted by atomic mass is 19.6. The molecule has 0 aromatic heterocycles. The Morgan fingerprint density at radius 2 is 1.61 bits per heavy atom. The molecule has 0 aliphatic rings. The van der Waals surface area contributed by atoms with Gasteiger partial charge in [-0.05, 0) is 54.3 Å². The van der Waals surface area contributed by atoms with Gasteiger partial charge in [-0.1, -0.05) is 19.1 Å². The summed E-state index contributed by atoms with van der Waals surface area (Å²) in [5.74, 6) is -10.5. The van der Waals surface area contributed by atoms with Crippen molar-refractivity contribution in [3.8, 4) is 0 Å². The molecule has 180 valence electrons. The molecule has 2 aromatic rings. The van der Waals surface area contributed by atoms with Gasteiger partial charge in [0, 0.05) is 31.6 Å². The van der Waals surface area contributed by atoms with Crippen LogP contribution in [-0.2, 0) is 23.6 Å². The molecule has 0 radical (unpaired) electrons. The largest absolute Gasteiger partial charge is 0.441 e. The van der Waals surface area contributed by atoms with E-state index in [0.717, 1.165) is 5.56 Å². The summed E-state index contributed by atoms with van der Waals surface area (Å²) in [6.45, 7) is 4.33. The monoisotopic (exact) mass is 476 g/mol. The number of rotatable bonds is 8. The first-order chi connectivity index (χ1) is 15.1. The van der Waals surface area contributed by atoms with Crippen LogP contribution in [0.2, 0.25) is 0 Å². The third-order valence-electron chi connectivity index (χ3n) is 5.11. The maximum Gasteiger partial charge on any atom is 0.441 e. The lowest BCUT2D eigenvalue weighted by molar-refractivity contribution is -1.32. The molecule has 0 spiro atoms. The zero-order chi connectivity index (χ0) is 25.2. The Labute approximate surface area is 186 Å². The SMILES string of the molecule is CCc1cc(C(F)(C(C)(F)F)[N+](F)(F)F)cc(C)c1NC(=O)c1ccc(CNC(C)=O)cc1. The number of nitrogens with zero attached hydrogens (tertiary/aromatic N) is 1. The quantitative estimate of drug-likeness (QED) is 0.292. The lowest BCUT2D eigenvalue weighted by atomic mass is 9.92. The van der Waals surface area contributed by atoms with Gasteiger partial charge in [0.1, 0.15) is 0 Å². The second-order valence-electron chi connectivity index (χ2n) is 7.70. The topological polar surface area (TPSA) is 58.2 Å². The number of carbonyl (C=O) groups is 2. The van der Waals surface area contributed by atoms with Crippen LogP contribution in [0.25, 0.3) is 0 Å². The Hall–Kier alpha value is -3.08. The molecule has 0 heterocycles. The summed E-state index contributed by atoms with van der Waals surface area (Å²) >= 11 is 0. The zero-order valence-electron chi connectivity index (χ0n) is 18.4. The van der Waals surface area contributed by atoms with Crippen LogP contribution in [-0.4, -0.2) is 22.9 Å². The molecule has 0 saturated heterocycles. The van der Waals surface area contributed by atoms with Crippen molar-refractivity contribution in [2.45, 2.75) is 52.4 Å². The van der Waals surface area contributed by atoms with Gasteiger partial charge in [-0.15, -0.1) is 0 Å². The van der Waals surface area contributed by atoms with E-state index in [9.17, 15) is 36.2 Å². The normalized spacial score (nSPS) is 13.9. The van der Waals surface area contributed by atoms with Crippen LogP contribution in [0.1, 0.15) is 53.4 Å². The van der Waals surface area contributed by atoms with Crippen molar-refractivity contribution in [1.29, 1.82) is 0 Å². The Kier molecular flexibility index (Phi) is 7.47. The van der Waals surface area contributed by atoms with E-state index in [4.69, 9.17) is 0 Å². The minimum absolute atomic E-state index is 0.000275. The van der Waals surface area contributed by atoms with Gasteiger partial charge < -0.3 is 10.6 Å². The predicted molar refractivity (Wildman–Crippen MR) is 109 cm³/mol. The number of quaternary nitrogens is 1. The highest BCUT2D eigenvalue weighted by Gasteiger charge is 2.75. The van der Waals surface area contributed by atoms with Crippen LogP contribution in [0.4, 0.5) is 32.3 Å². The van der Waals surface area contributed by atoms with E-state index in [2.05, 4.69) is 10.6 Å². The van der Waals surface area contributed by atoms with Crippen LogP contribution in [0.5, 0.6) is 0 Å². The first-order valence-corrected chi connectivity index (χ1v) is 9.95. The number of alkyl halides is 3. The number of aryl methyl sites for hydroxylation is 2. The number of hydrogen-bond acceptors (Lipinski definition) is 2. The van der Waals surface area contributed by atoms with Crippen molar-refractivity contribution < 1.29 is 41.4 Å². The molecule has 5 nitrogen and oxygen atoms in total. The molecule has 11 heteroatoms. The van der Waals surface area contributed by atoms with E-state index < -0.39 is 28.3 Å². The number of nitrogens with one attached hydrogen (secondary N) is 2. The van der Waals surface area contributed by atoms with Crippen LogP contribution in [0, 0.1) is 6.92 Å². The molecule has 2 aromatic carbocycles. The molecule has 1 unspecified atom stereocenters. The van der Waals surface area contributed by atoms with E-state index >= 15 is 0 Å². The van der Waals surface area contributed by atoms with Gasteiger partial charge in [0.25, 0.3) is 11.1 Å². The van der Waals surface area contributed by atoms with Crippen LogP contribution < -0.4 is 10.6 Å². The summed E-state index contributed by atoms with van der Waals surface area (Å²) in [4.78, 5) is 23.6. The molecule has 1 atom stereocenters. The van der Waals surface area contributed by atoms with Gasteiger partial charge in [0.15, 0.2) is 0 Å². The lowest BCUT2D eigenvalue weighted by Gasteiger charge is -2.28. The molecular weight excluding hydrogens is 452 g/mol. The van der Waals surface area contributed by atoms with Gasteiger partial charge in [-0.2, -0.15) is 13.2 Å². The Balaban J connectivity index is 2.39. The molecule has 2 N–H and O–H groups in total. The third kappa shape index (κ3) is 5.47. The fourth-order valence-electron chi connectivity index (χ4n) is 3.32. The molecule has 33 heavy (non-hydrogen) atoms. The molecule has 0 aliphatic heterocycles. The number of hydrogen-bond donors (Lipinski definition) is 2. The minimum Gasteiger partial charge on any atom is -0.352 e. The Morgan fingerprint density at radius 1 is 1.03 bits per heavy atom. The van der Waals surface area contributed by atoms with E-state index in [1.807, 2.05) is 0 Å². The first-order valence-electron chi connectivity index (χ1n) is 9.95. The lowest BCUT2D eigenvalue weighted by Crippen LogP contribution is -2.54. The third-order valence-corrected chi connectivity index (χ3v) is 5.11. The number of halogens is 6. The second kappa shape index (κ2) is 9.42. The summed E-state index contributed by atoms with van der Waals surface area (Å²) in [5, 5.41) is 0.0580. The van der Waals surface area contributed by atoms with E-state index in [0.29, 0.717) is 12.1 Å². The molecular formula is C22H24F6N3O2+. The predicted octanol–water partition coefficient (Wildman–Crippen LogP) is 5.69. The van der Waals surface area contributed by atoms with Crippen molar-refractivity contribution in [3.63, 3.8) is 0 Å². The smallest absolute Gasteiger partial charge is 0.352 e. The summed E-state index contributed by atoms with van der Waals surface area (Å²) in [5.41, 5.74) is -0.108. The molecule has 0 fully saturated rings. The molecule has 0 aliphatic carbocycles. The van der Waals surface area contributed by atoms with Gasteiger partial charge >= 0.3 is 11.7 Å². The van der Waals surface area contributed by atoms with Crippen molar-refractivity contribution in [2.75, 3.05) is 5.32 Å². The van der Waals surface area contributed by atoms with E-state index in [1.54, 1.807) is 12.1 Å². The Morgan fingerprint density at radius 3 is 2.06 bits per heavy atom. The first kappa shape index (κ1) is 26.2. The van der Waals surface area contributed by atoms with Crippen LogP contribution >= 0.6 is 0 Å². The van der Waals surface area contributed by atoms with Crippen LogP contribution in [0.3, 0.4) is 0 Å². The van der Waals surface area contributed by atoms with Gasteiger partial charge in [-0.25, -0.2) is 0 Å². The zero-order valence-corrected chi connectivity index (χ0v) is 18.4. The highest BCUT2D eigenvalue weighted by Crippen LogP contribution is 2.51.